The number of hydrogen-bond donors (Lipinski definition) is 1. The summed E-state index contributed by atoms with van der Waals surface area (Å²) >= 11 is 11.6. The van der Waals surface area contributed by atoms with E-state index in [2.05, 4.69) is 4.72 Å². The van der Waals surface area contributed by atoms with Gasteiger partial charge < -0.3 is 4.57 Å². The largest absolute Gasteiger partial charge is 0.346 e. The molecule has 3 aromatic rings. The van der Waals surface area contributed by atoms with Gasteiger partial charge in [-0.3, -0.25) is 0 Å². The Morgan fingerprint density at radius 3 is 2.46 bits per heavy atom. The molecule has 26 heavy (non-hydrogen) atoms. The lowest BCUT2D eigenvalue weighted by Crippen LogP contribution is -2.24. The Balaban J connectivity index is 1.73. The Kier molecular flexibility index (Phi) is 5.67. The second kappa shape index (κ2) is 7.80. The minimum absolute atomic E-state index is 0.0836. The third-order valence-corrected chi connectivity index (χ3v) is 5.77. The summed E-state index contributed by atoms with van der Waals surface area (Å²) in [7, 11) is -3.80. The fourth-order valence-corrected chi connectivity index (χ4v) is 3.84. The van der Waals surface area contributed by atoms with E-state index in [-0.39, 0.29) is 16.5 Å². The van der Waals surface area contributed by atoms with Gasteiger partial charge in [-0.25, -0.2) is 17.5 Å². The molecule has 0 unspecified atom stereocenters. The summed E-state index contributed by atoms with van der Waals surface area (Å²) in [5, 5.41) is 0.422. The molecule has 1 heterocycles. The van der Waals surface area contributed by atoms with Crippen molar-refractivity contribution in [2.75, 3.05) is 0 Å². The highest BCUT2D eigenvalue weighted by atomic mass is 35.5. The Hall–Kier alpha value is -1.86. The fraction of sp³-hybridized carbons (Fsp3) is 0.111. The van der Waals surface area contributed by atoms with Crippen molar-refractivity contribution in [1.29, 1.82) is 0 Å². The van der Waals surface area contributed by atoms with Gasteiger partial charge in [-0.2, -0.15) is 0 Å². The van der Waals surface area contributed by atoms with Crippen LogP contribution < -0.4 is 4.72 Å². The second-order valence-electron chi connectivity index (χ2n) is 5.65. The van der Waals surface area contributed by atoms with Crippen LogP contribution in [0.15, 0.2) is 65.7 Å². The molecule has 3 rings (SSSR count). The lowest BCUT2D eigenvalue weighted by Gasteiger charge is -2.11. The zero-order valence-corrected chi connectivity index (χ0v) is 15.8. The van der Waals surface area contributed by atoms with Crippen molar-refractivity contribution in [2.45, 2.75) is 18.0 Å². The van der Waals surface area contributed by atoms with Crippen LogP contribution in [-0.4, -0.2) is 13.0 Å². The van der Waals surface area contributed by atoms with Crippen molar-refractivity contribution >= 4 is 33.2 Å². The van der Waals surface area contributed by atoms with E-state index in [1.807, 2.05) is 35.0 Å². The van der Waals surface area contributed by atoms with Crippen LogP contribution in [0.5, 0.6) is 0 Å². The van der Waals surface area contributed by atoms with Crippen LogP contribution in [0.1, 0.15) is 11.3 Å². The Labute approximate surface area is 161 Å². The lowest BCUT2D eigenvalue weighted by atomic mass is 10.2. The van der Waals surface area contributed by atoms with Crippen LogP contribution in [0, 0.1) is 5.82 Å². The molecule has 0 amide bonds. The highest BCUT2D eigenvalue weighted by Crippen LogP contribution is 2.20. The predicted octanol–water partition coefficient (Wildman–Crippen LogP) is 4.46. The smallest absolute Gasteiger partial charge is 0.240 e. The normalized spacial score (nSPS) is 11.7. The maximum Gasteiger partial charge on any atom is 0.240 e. The van der Waals surface area contributed by atoms with Gasteiger partial charge in [-0.05, 0) is 48.0 Å². The summed E-state index contributed by atoms with van der Waals surface area (Å²) in [5.41, 5.74) is 1.83. The van der Waals surface area contributed by atoms with E-state index in [9.17, 15) is 12.8 Å². The average molecular weight is 413 g/mol. The highest BCUT2D eigenvalue weighted by Gasteiger charge is 2.16. The van der Waals surface area contributed by atoms with E-state index in [0.717, 1.165) is 23.4 Å². The van der Waals surface area contributed by atoms with Gasteiger partial charge in [0.25, 0.3) is 0 Å². The van der Waals surface area contributed by atoms with Crippen LogP contribution in [0.3, 0.4) is 0 Å². The summed E-state index contributed by atoms with van der Waals surface area (Å²) in [6.07, 6.45) is 1.87. The van der Waals surface area contributed by atoms with Gasteiger partial charge in [0.05, 0.1) is 16.5 Å². The van der Waals surface area contributed by atoms with E-state index >= 15 is 0 Å². The summed E-state index contributed by atoms with van der Waals surface area (Å²) in [4.78, 5) is -0.0836. The van der Waals surface area contributed by atoms with Crippen molar-refractivity contribution in [3.05, 3.63) is 87.9 Å². The van der Waals surface area contributed by atoms with Gasteiger partial charge >= 0.3 is 0 Å². The molecule has 0 fully saturated rings. The van der Waals surface area contributed by atoms with E-state index in [4.69, 9.17) is 23.2 Å². The summed E-state index contributed by atoms with van der Waals surface area (Å²) in [5.74, 6) is -0.664. The van der Waals surface area contributed by atoms with E-state index in [1.54, 1.807) is 12.1 Å². The number of aromatic nitrogens is 1. The fourth-order valence-electron chi connectivity index (χ4n) is 2.45. The quantitative estimate of drug-likeness (QED) is 0.649. The molecule has 0 spiro atoms. The Morgan fingerprint density at radius 1 is 1.04 bits per heavy atom. The van der Waals surface area contributed by atoms with Gasteiger partial charge in [0.15, 0.2) is 0 Å². The number of halogens is 3. The van der Waals surface area contributed by atoms with E-state index in [1.165, 1.54) is 6.07 Å². The second-order valence-corrected chi connectivity index (χ2v) is 8.26. The number of benzene rings is 2. The molecule has 0 saturated carbocycles. The average Bonchev–Trinajstić information content (AvgIpc) is 3.05. The van der Waals surface area contributed by atoms with Crippen molar-refractivity contribution in [3.63, 3.8) is 0 Å². The zero-order chi connectivity index (χ0) is 18.7. The number of hydrogen-bond acceptors (Lipinski definition) is 2. The molecule has 4 nitrogen and oxygen atoms in total. The zero-order valence-electron chi connectivity index (χ0n) is 13.5. The lowest BCUT2D eigenvalue weighted by molar-refractivity contribution is 0.577. The first-order chi connectivity index (χ1) is 12.3. The van der Waals surface area contributed by atoms with Gasteiger partial charge in [0, 0.05) is 23.5 Å². The van der Waals surface area contributed by atoms with Crippen LogP contribution in [0.2, 0.25) is 10.0 Å². The van der Waals surface area contributed by atoms with Crippen molar-refractivity contribution in [3.8, 4) is 0 Å². The summed E-state index contributed by atoms with van der Waals surface area (Å²) < 4.78 is 42.4. The summed E-state index contributed by atoms with van der Waals surface area (Å²) in [6, 6.07) is 14.4. The SMILES string of the molecule is O=S(=O)(NCc1cccn1Cc1ccc(Cl)cc1)c1ccc(F)c(Cl)c1. The number of nitrogens with one attached hydrogen (secondary N) is 1. The number of rotatable bonds is 6. The van der Waals surface area contributed by atoms with Gasteiger partial charge in [0.2, 0.25) is 10.0 Å². The third-order valence-electron chi connectivity index (χ3n) is 3.83. The minimum atomic E-state index is -3.80. The monoisotopic (exact) mass is 412 g/mol. The first kappa shape index (κ1) is 18.9. The molecule has 2 aromatic carbocycles. The number of nitrogens with zero attached hydrogens (tertiary/aromatic N) is 1. The maximum atomic E-state index is 13.2. The molecule has 0 bridgehead atoms. The molecule has 0 aliphatic carbocycles. The van der Waals surface area contributed by atoms with Gasteiger partial charge in [0.1, 0.15) is 5.82 Å². The standard InChI is InChI=1S/C18H15Cl2FN2O2S/c19-14-5-3-13(4-6-14)12-23-9-1-2-15(23)11-22-26(24,25)16-7-8-18(21)17(20)10-16/h1-10,22H,11-12H2. The Bertz CT molecular complexity index is 1020. The highest BCUT2D eigenvalue weighted by molar-refractivity contribution is 7.89. The van der Waals surface area contributed by atoms with Crippen molar-refractivity contribution < 1.29 is 12.8 Å². The molecule has 0 aliphatic heterocycles. The van der Waals surface area contributed by atoms with Crippen LogP contribution in [0.4, 0.5) is 4.39 Å². The molecular weight excluding hydrogens is 398 g/mol. The molecule has 1 aromatic heterocycles. The maximum absolute atomic E-state index is 13.2. The van der Waals surface area contributed by atoms with Crippen LogP contribution >= 0.6 is 23.2 Å². The van der Waals surface area contributed by atoms with E-state index < -0.39 is 15.8 Å². The summed E-state index contributed by atoms with van der Waals surface area (Å²) in [6.45, 7) is 0.682. The first-order valence-electron chi connectivity index (χ1n) is 7.68. The van der Waals surface area contributed by atoms with Crippen LogP contribution in [0.25, 0.3) is 0 Å². The molecule has 8 heteroatoms. The van der Waals surface area contributed by atoms with Crippen molar-refractivity contribution in [2.24, 2.45) is 0 Å². The number of sulfonamides is 1. The van der Waals surface area contributed by atoms with Gasteiger partial charge in [-0.15, -0.1) is 0 Å². The molecule has 0 atom stereocenters. The molecule has 136 valence electrons. The third kappa shape index (κ3) is 4.45. The van der Waals surface area contributed by atoms with Crippen LogP contribution in [-0.2, 0) is 23.1 Å². The molecule has 0 saturated heterocycles. The first-order valence-corrected chi connectivity index (χ1v) is 9.92. The Morgan fingerprint density at radius 2 is 1.77 bits per heavy atom. The topological polar surface area (TPSA) is 51.1 Å². The van der Waals surface area contributed by atoms with E-state index in [0.29, 0.717) is 11.6 Å². The minimum Gasteiger partial charge on any atom is -0.346 e. The predicted molar refractivity (Wildman–Crippen MR) is 100 cm³/mol. The molecule has 0 aliphatic rings. The molecule has 1 N–H and O–H groups in total. The van der Waals surface area contributed by atoms with Crippen molar-refractivity contribution in [1.82, 2.24) is 9.29 Å². The van der Waals surface area contributed by atoms with Gasteiger partial charge in [-0.1, -0.05) is 35.3 Å². The molecular formula is C18H15Cl2FN2O2S. The molecule has 0 radical (unpaired) electrons.